The van der Waals surface area contributed by atoms with Gasteiger partial charge in [-0.05, 0) is 31.5 Å². The van der Waals surface area contributed by atoms with E-state index in [1.54, 1.807) is 43.8 Å². The monoisotopic (exact) mass is 326 g/mol. The fourth-order valence-corrected chi connectivity index (χ4v) is 3.08. The molecule has 2 rings (SSSR count). The molecule has 0 aliphatic rings. The molecule has 0 saturated carbocycles. The van der Waals surface area contributed by atoms with Crippen LogP contribution in [0.15, 0.2) is 18.3 Å². The lowest BCUT2D eigenvalue weighted by molar-refractivity contribution is 0.0531. The van der Waals surface area contributed by atoms with Gasteiger partial charge in [-0.25, -0.2) is 4.79 Å². The van der Waals surface area contributed by atoms with Crippen molar-refractivity contribution < 1.29 is 14.3 Å². The van der Waals surface area contributed by atoms with E-state index in [4.69, 9.17) is 16.3 Å². The molecule has 0 atom stereocenters. The Kier molecular flexibility index (Phi) is 4.69. The highest BCUT2D eigenvalue weighted by Crippen LogP contribution is 2.28. The second-order valence-corrected chi connectivity index (χ2v) is 5.94. The first-order chi connectivity index (χ1) is 9.92. The number of carbonyl (C=O) groups excluding carboxylic acids is 2. The first-order valence-corrected chi connectivity index (χ1v) is 7.52. The maximum Gasteiger partial charge on any atom is 0.348 e. The quantitative estimate of drug-likeness (QED) is 0.875. The highest BCUT2D eigenvalue weighted by Gasteiger charge is 2.17. The van der Waals surface area contributed by atoms with Crippen LogP contribution >= 0.6 is 22.9 Å². The van der Waals surface area contributed by atoms with Gasteiger partial charge in [-0.15, -0.1) is 11.3 Å². The van der Waals surface area contributed by atoms with Crippen LogP contribution in [0.2, 0.25) is 5.02 Å². The zero-order chi connectivity index (χ0) is 15.6. The van der Waals surface area contributed by atoms with E-state index in [2.05, 4.69) is 5.32 Å². The summed E-state index contributed by atoms with van der Waals surface area (Å²) in [5.74, 6) is -0.650. The molecule has 0 fully saturated rings. The van der Waals surface area contributed by atoms with E-state index >= 15 is 0 Å². The Morgan fingerprint density at radius 1 is 1.43 bits per heavy atom. The molecule has 0 aromatic carbocycles. The number of hydrogen-bond donors (Lipinski definition) is 1. The van der Waals surface area contributed by atoms with Gasteiger partial charge < -0.3 is 14.6 Å². The van der Waals surface area contributed by atoms with Crippen molar-refractivity contribution in [2.24, 2.45) is 7.05 Å². The van der Waals surface area contributed by atoms with Crippen molar-refractivity contribution in [1.82, 2.24) is 4.57 Å². The van der Waals surface area contributed by atoms with Gasteiger partial charge in [-0.1, -0.05) is 11.6 Å². The van der Waals surface area contributed by atoms with Crippen molar-refractivity contribution >= 4 is 39.8 Å². The summed E-state index contributed by atoms with van der Waals surface area (Å²) in [5.41, 5.74) is 1.22. The zero-order valence-corrected chi connectivity index (χ0v) is 13.5. The minimum atomic E-state index is -0.373. The van der Waals surface area contributed by atoms with Gasteiger partial charge in [0, 0.05) is 13.2 Å². The average molecular weight is 327 g/mol. The first-order valence-electron chi connectivity index (χ1n) is 6.33. The number of thiophene rings is 1. The fraction of sp³-hybridized carbons (Fsp3) is 0.286. The Labute approximate surface area is 131 Å². The summed E-state index contributed by atoms with van der Waals surface area (Å²) in [6, 6.07) is 3.34. The lowest BCUT2D eigenvalue weighted by atomic mass is 10.3. The lowest BCUT2D eigenvalue weighted by Gasteiger charge is -2.03. The molecule has 2 aromatic heterocycles. The number of anilines is 1. The number of ether oxygens (including phenoxy) is 1. The molecule has 0 aliphatic carbocycles. The molecular weight excluding hydrogens is 312 g/mol. The van der Waals surface area contributed by atoms with E-state index in [9.17, 15) is 9.59 Å². The van der Waals surface area contributed by atoms with Crippen LogP contribution in [-0.2, 0) is 11.8 Å². The number of nitrogens with zero attached hydrogens (tertiary/aromatic N) is 1. The molecule has 0 saturated heterocycles. The largest absolute Gasteiger partial charge is 0.462 e. The van der Waals surface area contributed by atoms with Gasteiger partial charge in [0.25, 0.3) is 5.91 Å². The van der Waals surface area contributed by atoms with Crippen molar-refractivity contribution in [2.75, 3.05) is 11.9 Å². The topological polar surface area (TPSA) is 60.3 Å². The Morgan fingerprint density at radius 3 is 2.71 bits per heavy atom. The van der Waals surface area contributed by atoms with Crippen LogP contribution in [0, 0.1) is 6.92 Å². The number of hydrogen-bond acceptors (Lipinski definition) is 4. The van der Waals surface area contributed by atoms with E-state index in [-0.39, 0.29) is 11.9 Å². The van der Waals surface area contributed by atoms with Crippen molar-refractivity contribution in [1.29, 1.82) is 0 Å². The van der Waals surface area contributed by atoms with Crippen LogP contribution in [-0.4, -0.2) is 23.1 Å². The minimum absolute atomic E-state index is 0.277. The molecule has 1 amide bonds. The highest BCUT2D eigenvalue weighted by atomic mass is 35.5. The number of esters is 1. The molecule has 0 radical (unpaired) electrons. The maximum absolute atomic E-state index is 12.2. The predicted octanol–water partition coefficient (Wildman–Crippen LogP) is 3.48. The fourth-order valence-electron chi connectivity index (χ4n) is 1.87. The Hall–Kier alpha value is -1.79. The third-order valence-corrected chi connectivity index (χ3v) is 4.16. The molecule has 2 heterocycles. The minimum Gasteiger partial charge on any atom is -0.462 e. The second-order valence-electron chi connectivity index (χ2n) is 4.45. The molecular formula is C14H15ClN2O3S. The summed E-state index contributed by atoms with van der Waals surface area (Å²) >= 11 is 7.05. The number of aromatic nitrogens is 1. The van der Waals surface area contributed by atoms with Gasteiger partial charge in [0.2, 0.25) is 0 Å². The van der Waals surface area contributed by atoms with E-state index < -0.39 is 0 Å². The molecule has 7 heteroatoms. The first kappa shape index (κ1) is 15.6. The molecule has 0 unspecified atom stereocenters. The normalized spacial score (nSPS) is 10.5. The van der Waals surface area contributed by atoms with Gasteiger partial charge in [-0.2, -0.15) is 0 Å². The Bertz CT molecular complexity index is 690. The number of nitrogens with one attached hydrogen (secondary N) is 1. The van der Waals surface area contributed by atoms with Crippen LogP contribution in [0.1, 0.15) is 32.6 Å². The summed E-state index contributed by atoms with van der Waals surface area (Å²) < 4.78 is 6.61. The summed E-state index contributed by atoms with van der Waals surface area (Å²) in [4.78, 5) is 24.4. The summed E-state index contributed by atoms with van der Waals surface area (Å²) in [5, 5.41) is 3.86. The summed E-state index contributed by atoms with van der Waals surface area (Å²) in [6.07, 6.45) is 1.65. The lowest BCUT2D eigenvalue weighted by Crippen LogP contribution is -2.14. The third kappa shape index (κ3) is 3.46. The number of aryl methyl sites for hydroxylation is 2. The Morgan fingerprint density at radius 2 is 2.14 bits per heavy atom. The molecule has 5 nitrogen and oxygen atoms in total. The standard InChI is InChI=1S/C14H15ClN2O3S/c1-4-20-14(19)12-8(2)5-11(21-12)16-13(18)10-6-9(15)7-17(10)3/h5-7H,4H2,1-3H3,(H,16,18). The molecule has 0 bridgehead atoms. The van der Waals surface area contributed by atoms with Gasteiger partial charge in [-0.3, -0.25) is 4.79 Å². The van der Waals surface area contributed by atoms with E-state index in [0.29, 0.717) is 27.2 Å². The van der Waals surface area contributed by atoms with Crippen LogP contribution < -0.4 is 5.32 Å². The van der Waals surface area contributed by atoms with Gasteiger partial charge in [0.15, 0.2) is 0 Å². The van der Waals surface area contributed by atoms with Crippen LogP contribution in [0.5, 0.6) is 0 Å². The molecule has 2 aromatic rings. The predicted molar refractivity (Wildman–Crippen MR) is 83.4 cm³/mol. The van der Waals surface area contributed by atoms with Crippen LogP contribution in [0.4, 0.5) is 5.00 Å². The van der Waals surface area contributed by atoms with E-state index in [0.717, 1.165) is 5.56 Å². The van der Waals surface area contributed by atoms with Crippen molar-refractivity contribution in [3.63, 3.8) is 0 Å². The van der Waals surface area contributed by atoms with Crippen LogP contribution in [0.25, 0.3) is 0 Å². The number of amides is 1. The maximum atomic E-state index is 12.2. The highest BCUT2D eigenvalue weighted by molar-refractivity contribution is 7.18. The van der Waals surface area contributed by atoms with Crippen molar-refractivity contribution in [2.45, 2.75) is 13.8 Å². The number of rotatable bonds is 4. The summed E-state index contributed by atoms with van der Waals surface area (Å²) in [7, 11) is 1.74. The van der Waals surface area contributed by atoms with Gasteiger partial charge in [0.1, 0.15) is 10.6 Å². The van der Waals surface area contributed by atoms with Crippen LogP contribution in [0.3, 0.4) is 0 Å². The number of halogens is 1. The SMILES string of the molecule is CCOC(=O)c1sc(NC(=O)c2cc(Cl)cn2C)cc1C. The van der Waals surface area contributed by atoms with E-state index in [1.807, 2.05) is 0 Å². The molecule has 0 aliphatic heterocycles. The van der Waals surface area contributed by atoms with Crippen molar-refractivity contribution in [3.8, 4) is 0 Å². The van der Waals surface area contributed by atoms with Gasteiger partial charge in [0.05, 0.1) is 16.6 Å². The number of carbonyl (C=O) groups is 2. The smallest absolute Gasteiger partial charge is 0.348 e. The molecule has 21 heavy (non-hydrogen) atoms. The zero-order valence-electron chi connectivity index (χ0n) is 11.9. The second kappa shape index (κ2) is 6.32. The van der Waals surface area contributed by atoms with E-state index in [1.165, 1.54) is 11.3 Å². The molecule has 0 spiro atoms. The molecule has 112 valence electrons. The van der Waals surface area contributed by atoms with Gasteiger partial charge >= 0.3 is 5.97 Å². The third-order valence-electron chi connectivity index (χ3n) is 2.82. The average Bonchev–Trinajstić information content (AvgIpc) is 2.92. The molecule has 1 N–H and O–H groups in total. The van der Waals surface area contributed by atoms with Crippen molar-refractivity contribution in [3.05, 3.63) is 39.5 Å². The summed E-state index contributed by atoms with van der Waals surface area (Å²) in [6.45, 7) is 3.88. The Balaban J connectivity index is 2.17.